The van der Waals surface area contributed by atoms with Crippen LogP contribution in [0, 0.1) is 11.8 Å². The van der Waals surface area contributed by atoms with Crippen molar-refractivity contribution >= 4 is 0 Å². The SMILES string of the molecule is OCCC1CC1C(F)F. The maximum atomic E-state index is 11.7. The summed E-state index contributed by atoms with van der Waals surface area (Å²) in [5.41, 5.74) is 0. The van der Waals surface area contributed by atoms with Gasteiger partial charge in [-0.05, 0) is 18.8 Å². The minimum Gasteiger partial charge on any atom is -0.396 e. The molecule has 3 heteroatoms. The Balaban J connectivity index is 2.09. The van der Waals surface area contributed by atoms with E-state index in [-0.39, 0.29) is 12.5 Å². The summed E-state index contributed by atoms with van der Waals surface area (Å²) in [4.78, 5) is 0. The molecule has 1 rings (SSSR count). The van der Waals surface area contributed by atoms with E-state index in [0.717, 1.165) is 0 Å². The molecule has 1 N–H and O–H groups in total. The fourth-order valence-corrected chi connectivity index (χ4v) is 1.08. The molecule has 54 valence electrons. The van der Waals surface area contributed by atoms with Crippen LogP contribution in [0.5, 0.6) is 0 Å². The van der Waals surface area contributed by atoms with Crippen molar-refractivity contribution in [1.82, 2.24) is 0 Å². The Hall–Kier alpha value is -0.180. The highest BCUT2D eigenvalue weighted by Crippen LogP contribution is 2.44. The van der Waals surface area contributed by atoms with E-state index >= 15 is 0 Å². The van der Waals surface area contributed by atoms with Crippen molar-refractivity contribution in [2.24, 2.45) is 11.8 Å². The lowest BCUT2D eigenvalue weighted by Gasteiger charge is -1.93. The number of aliphatic hydroxyl groups is 1. The fraction of sp³-hybridized carbons (Fsp3) is 1.00. The van der Waals surface area contributed by atoms with Gasteiger partial charge in [-0.15, -0.1) is 0 Å². The topological polar surface area (TPSA) is 20.2 Å². The van der Waals surface area contributed by atoms with Crippen molar-refractivity contribution < 1.29 is 13.9 Å². The molecule has 1 saturated carbocycles. The van der Waals surface area contributed by atoms with Crippen molar-refractivity contribution in [3.05, 3.63) is 0 Å². The Bertz CT molecular complexity index is 95.1. The van der Waals surface area contributed by atoms with E-state index in [4.69, 9.17) is 5.11 Å². The van der Waals surface area contributed by atoms with Gasteiger partial charge in [0.2, 0.25) is 6.43 Å². The summed E-state index contributed by atoms with van der Waals surface area (Å²) >= 11 is 0. The average molecular weight is 136 g/mol. The van der Waals surface area contributed by atoms with E-state index in [9.17, 15) is 8.78 Å². The van der Waals surface area contributed by atoms with Crippen LogP contribution >= 0.6 is 0 Å². The Kier molecular flexibility index (Phi) is 2.01. The standard InChI is InChI=1S/C6H10F2O/c7-6(8)5-3-4(5)1-2-9/h4-6,9H,1-3H2. The molecule has 0 aliphatic heterocycles. The largest absolute Gasteiger partial charge is 0.396 e. The molecular formula is C6H10F2O. The Morgan fingerprint density at radius 2 is 2.22 bits per heavy atom. The molecule has 0 aromatic rings. The maximum absolute atomic E-state index is 11.7. The van der Waals surface area contributed by atoms with E-state index in [1.54, 1.807) is 0 Å². The first-order valence-electron chi connectivity index (χ1n) is 3.14. The zero-order valence-electron chi connectivity index (χ0n) is 5.06. The third kappa shape index (κ3) is 1.61. The first kappa shape index (κ1) is 6.93. The van der Waals surface area contributed by atoms with Gasteiger partial charge in [0.1, 0.15) is 0 Å². The highest BCUT2D eigenvalue weighted by molar-refractivity contribution is 4.87. The van der Waals surface area contributed by atoms with Gasteiger partial charge >= 0.3 is 0 Å². The Labute approximate surface area is 52.7 Å². The lowest BCUT2D eigenvalue weighted by molar-refractivity contribution is 0.113. The Morgan fingerprint density at radius 1 is 1.56 bits per heavy atom. The molecule has 0 aromatic carbocycles. The fourth-order valence-electron chi connectivity index (χ4n) is 1.08. The first-order chi connectivity index (χ1) is 4.25. The number of alkyl halides is 2. The maximum Gasteiger partial charge on any atom is 0.241 e. The van der Waals surface area contributed by atoms with Gasteiger partial charge in [-0.2, -0.15) is 0 Å². The highest BCUT2D eigenvalue weighted by atomic mass is 19.3. The molecule has 0 saturated heterocycles. The van der Waals surface area contributed by atoms with E-state index in [2.05, 4.69) is 0 Å². The van der Waals surface area contributed by atoms with E-state index in [1.165, 1.54) is 0 Å². The van der Waals surface area contributed by atoms with Gasteiger partial charge in [0.25, 0.3) is 0 Å². The summed E-state index contributed by atoms with van der Waals surface area (Å²) in [7, 11) is 0. The minimum atomic E-state index is -2.17. The highest BCUT2D eigenvalue weighted by Gasteiger charge is 2.42. The minimum absolute atomic E-state index is 0.0495. The normalized spacial score (nSPS) is 33.3. The first-order valence-corrected chi connectivity index (χ1v) is 3.14. The summed E-state index contributed by atoms with van der Waals surface area (Å²) in [5.74, 6) is -0.299. The molecular weight excluding hydrogens is 126 g/mol. The van der Waals surface area contributed by atoms with Gasteiger partial charge in [0, 0.05) is 12.5 Å². The third-order valence-electron chi connectivity index (χ3n) is 1.80. The zero-order valence-corrected chi connectivity index (χ0v) is 5.06. The van der Waals surface area contributed by atoms with Gasteiger partial charge < -0.3 is 5.11 Å². The molecule has 0 bridgehead atoms. The molecule has 0 spiro atoms. The van der Waals surface area contributed by atoms with Crippen LogP contribution < -0.4 is 0 Å². The molecule has 0 amide bonds. The van der Waals surface area contributed by atoms with Crippen LogP contribution in [0.25, 0.3) is 0 Å². The smallest absolute Gasteiger partial charge is 0.241 e. The van der Waals surface area contributed by atoms with E-state index in [0.29, 0.717) is 12.8 Å². The second kappa shape index (κ2) is 2.60. The number of halogens is 2. The number of aliphatic hydroxyl groups excluding tert-OH is 1. The van der Waals surface area contributed by atoms with Crippen LogP contribution in [0.4, 0.5) is 8.78 Å². The molecule has 0 aromatic heterocycles. The van der Waals surface area contributed by atoms with E-state index < -0.39 is 12.3 Å². The second-order valence-corrected chi connectivity index (χ2v) is 2.51. The molecule has 2 unspecified atom stereocenters. The van der Waals surface area contributed by atoms with Gasteiger partial charge in [0.15, 0.2) is 0 Å². The van der Waals surface area contributed by atoms with Gasteiger partial charge in [-0.3, -0.25) is 0 Å². The van der Waals surface area contributed by atoms with Gasteiger partial charge in [-0.25, -0.2) is 8.78 Å². The third-order valence-corrected chi connectivity index (χ3v) is 1.80. The predicted molar refractivity (Wildman–Crippen MR) is 29.3 cm³/mol. The summed E-state index contributed by atoms with van der Waals surface area (Å²) in [6.07, 6.45) is -1.01. The molecule has 2 atom stereocenters. The number of hydrogen-bond acceptors (Lipinski definition) is 1. The predicted octanol–water partition coefficient (Wildman–Crippen LogP) is 1.27. The molecule has 1 nitrogen and oxygen atoms in total. The van der Waals surface area contributed by atoms with Crippen LogP contribution in [0.1, 0.15) is 12.8 Å². The van der Waals surface area contributed by atoms with Crippen LogP contribution in [0.2, 0.25) is 0 Å². The average Bonchev–Trinajstić information content (AvgIpc) is 2.47. The lowest BCUT2D eigenvalue weighted by Crippen LogP contribution is -1.96. The number of rotatable bonds is 3. The molecule has 1 aliphatic rings. The van der Waals surface area contributed by atoms with Gasteiger partial charge in [-0.1, -0.05) is 0 Å². The molecule has 1 fully saturated rings. The van der Waals surface area contributed by atoms with Crippen LogP contribution in [0.15, 0.2) is 0 Å². The van der Waals surface area contributed by atoms with E-state index in [1.807, 2.05) is 0 Å². The number of hydrogen-bond donors (Lipinski definition) is 1. The summed E-state index contributed by atoms with van der Waals surface area (Å²) < 4.78 is 23.4. The molecule has 1 aliphatic carbocycles. The Morgan fingerprint density at radius 3 is 2.56 bits per heavy atom. The molecule has 9 heavy (non-hydrogen) atoms. The van der Waals surface area contributed by atoms with Crippen LogP contribution in [0.3, 0.4) is 0 Å². The summed E-state index contributed by atoms with van der Waals surface area (Å²) in [6.45, 7) is 0.0495. The van der Waals surface area contributed by atoms with Crippen LogP contribution in [-0.2, 0) is 0 Å². The van der Waals surface area contributed by atoms with Crippen molar-refractivity contribution in [1.29, 1.82) is 0 Å². The second-order valence-electron chi connectivity index (χ2n) is 2.51. The van der Waals surface area contributed by atoms with Crippen LogP contribution in [-0.4, -0.2) is 18.1 Å². The lowest BCUT2D eigenvalue weighted by atomic mass is 10.2. The summed E-state index contributed by atoms with van der Waals surface area (Å²) in [5, 5.41) is 8.33. The van der Waals surface area contributed by atoms with Crippen molar-refractivity contribution in [2.75, 3.05) is 6.61 Å². The van der Waals surface area contributed by atoms with Gasteiger partial charge in [0.05, 0.1) is 0 Å². The molecule has 0 heterocycles. The monoisotopic (exact) mass is 136 g/mol. The zero-order chi connectivity index (χ0) is 6.85. The van der Waals surface area contributed by atoms with Crippen molar-refractivity contribution in [3.63, 3.8) is 0 Å². The van der Waals surface area contributed by atoms with Crippen molar-refractivity contribution in [2.45, 2.75) is 19.3 Å². The quantitative estimate of drug-likeness (QED) is 0.619. The molecule has 0 radical (unpaired) electrons. The van der Waals surface area contributed by atoms with Crippen molar-refractivity contribution in [3.8, 4) is 0 Å². The summed E-state index contributed by atoms with van der Waals surface area (Å²) in [6, 6.07) is 0.